The van der Waals surface area contributed by atoms with Gasteiger partial charge in [0.05, 0.1) is 0 Å². The highest BCUT2D eigenvalue weighted by atomic mass is 32.2. The molecule has 0 bridgehead atoms. The minimum absolute atomic E-state index is 0.380. The highest BCUT2D eigenvalue weighted by Gasteiger charge is 2.22. The molecule has 1 heterocycles. The molecule has 1 fully saturated rings. The Bertz CT molecular complexity index is 336. The molecular weight excluding hydrogens is 208 g/mol. The molecule has 0 spiro atoms. The van der Waals surface area contributed by atoms with Crippen molar-refractivity contribution in [3.05, 3.63) is 5.82 Å². The number of nitrogens with zero attached hydrogens (tertiary/aromatic N) is 3. The Hall–Kier alpha value is -0.550. The van der Waals surface area contributed by atoms with E-state index in [1.54, 1.807) is 0 Å². The Balaban J connectivity index is 1.99. The highest BCUT2D eigenvalue weighted by Crippen LogP contribution is 2.32. The monoisotopic (exact) mass is 226 g/mol. The minimum Gasteiger partial charge on any atom is -0.328 e. The van der Waals surface area contributed by atoms with Crippen LogP contribution in [0.1, 0.15) is 31.5 Å². The minimum atomic E-state index is 0.380. The molecule has 1 aromatic rings. The van der Waals surface area contributed by atoms with Gasteiger partial charge in [0.15, 0.2) is 5.16 Å². The molecule has 2 atom stereocenters. The van der Waals surface area contributed by atoms with Crippen LogP contribution in [0.2, 0.25) is 0 Å². The molecule has 1 saturated carbocycles. The third-order valence-electron chi connectivity index (χ3n) is 2.99. The van der Waals surface area contributed by atoms with Crippen molar-refractivity contribution in [2.45, 2.75) is 49.1 Å². The molecule has 15 heavy (non-hydrogen) atoms. The summed E-state index contributed by atoms with van der Waals surface area (Å²) >= 11 is 1.83. The summed E-state index contributed by atoms with van der Waals surface area (Å²) in [5.74, 6) is 0.970. The SMILES string of the molecule is Cc1nnc(SC2CCCC(N)C2)n1C. The Morgan fingerprint density at radius 3 is 2.80 bits per heavy atom. The van der Waals surface area contributed by atoms with Crippen LogP contribution < -0.4 is 5.73 Å². The summed E-state index contributed by atoms with van der Waals surface area (Å²) in [7, 11) is 2.01. The first kappa shape index (κ1) is 11.0. The van der Waals surface area contributed by atoms with Gasteiger partial charge < -0.3 is 10.3 Å². The molecule has 2 N–H and O–H groups in total. The number of rotatable bonds is 2. The van der Waals surface area contributed by atoms with Crippen molar-refractivity contribution >= 4 is 11.8 Å². The van der Waals surface area contributed by atoms with Crippen molar-refractivity contribution in [1.29, 1.82) is 0 Å². The van der Waals surface area contributed by atoms with E-state index < -0.39 is 0 Å². The molecule has 0 radical (unpaired) electrons. The smallest absolute Gasteiger partial charge is 0.191 e. The largest absolute Gasteiger partial charge is 0.328 e. The van der Waals surface area contributed by atoms with Gasteiger partial charge in [-0.15, -0.1) is 10.2 Å². The maximum Gasteiger partial charge on any atom is 0.191 e. The van der Waals surface area contributed by atoms with E-state index in [1.165, 1.54) is 19.3 Å². The van der Waals surface area contributed by atoms with Gasteiger partial charge in [0.25, 0.3) is 0 Å². The van der Waals surface area contributed by atoms with Gasteiger partial charge >= 0.3 is 0 Å². The first-order valence-corrected chi connectivity index (χ1v) is 6.33. The Kier molecular flexibility index (Phi) is 3.31. The summed E-state index contributed by atoms with van der Waals surface area (Å²) in [5.41, 5.74) is 5.97. The molecule has 84 valence electrons. The lowest BCUT2D eigenvalue weighted by Gasteiger charge is -2.25. The summed E-state index contributed by atoms with van der Waals surface area (Å²) < 4.78 is 2.05. The molecule has 2 rings (SSSR count). The van der Waals surface area contributed by atoms with E-state index in [2.05, 4.69) is 10.2 Å². The van der Waals surface area contributed by atoms with Crippen LogP contribution in [0, 0.1) is 6.92 Å². The van der Waals surface area contributed by atoms with Gasteiger partial charge in [-0.25, -0.2) is 0 Å². The first-order chi connectivity index (χ1) is 7.16. The van der Waals surface area contributed by atoms with Crippen molar-refractivity contribution in [3.8, 4) is 0 Å². The van der Waals surface area contributed by atoms with Crippen molar-refractivity contribution in [2.24, 2.45) is 12.8 Å². The molecular formula is C10H18N4S. The van der Waals surface area contributed by atoms with Crippen LogP contribution in [-0.4, -0.2) is 26.1 Å². The second-order valence-corrected chi connectivity index (χ2v) is 5.52. The average Bonchev–Trinajstić information content (AvgIpc) is 2.50. The van der Waals surface area contributed by atoms with Gasteiger partial charge in [0.1, 0.15) is 5.82 Å². The van der Waals surface area contributed by atoms with E-state index in [9.17, 15) is 0 Å². The first-order valence-electron chi connectivity index (χ1n) is 5.45. The molecule has 2 unspecified atom stereocenters. The summed E-state index contributed by atoms with van der Waals surface area (Å²) in [6.45, 7) is 1.98. The number of aryl methyl sites for hydroxylation is 1. The van der Waals surface area contributed by atoms with Crippen molar-refractivity contribution in [1.82, 2.24) is 14.8 Å². The van der Waals surface area contributed by atoms with Crippen LogP contribution >= 0.6 is 11.8 Å². The van der Waals surface area contributed by atoms with E-state index in [-0.39, 0.29) is 0 Å². The quantitative estimate of drug-likeness (QED) is 0.830. The lowest BCUT2D eigenvalue weighted by Crippen LogP contribution is -2.29. The number of hydrogen-bond acceptors (Lipinski definition) is 4. The number of nitrogens with two attached hydrogens (primary N) is 1. The zero-order valence-corrected chi connectivity index (χ0v) is 10.1. The normalized spacial score (nSPS) is 26.9. The topological polar surface area (TPSA) is 56.7 Å². The van der Waals surface area contributed by atoms with Crippen molar-refractivity contribution in [3.63, 3.8) is 0 Å². The molecule has 0 aliphatic heterocycles. The lowest BCUT2D eigenvalue weighted by molar-refractivity contribution is 0.450. The fraction of sp³-hybridized carbons (Fsp3) is 0.800. The fourth-order valence-electron chi connectivity index (χ4n) is 1.93. The van der Waals surface area contributed by atoms with Crippen LogP contribution in [0.4, 0.5) is 0 Å². The maximum atomic E-state index is 5.97. The van der Waals surface area contributed by atoms with Crippen LogP contribution in [0.5, 0.6) is 0 Å². The average molecular weight is 226 g/mol. The summed E-state index contributed by atoms with van der Waals surface area (Å²) in [5, 5.41) is 9.87. The number of aromatic nitrogens is 3. The van der Waals surface area contributed by atoms with Crippen molar-refractivity contribution in [2.75, 3.05) is 0 Å². The van der Waals surface area contributed by atoms with Gasteiger partial charge in [0, 0.05) is 18.3 Å². The van der Waals surface area contributed by atoms with Crippen LogP contribution in [-0.2, 0) is 7.05 Å². The van der Waals surface area contributed by atoms with Gasteiger partial charge in [-0.2, -0.15) is 0 Å². The highest BCUT2D eigenvalue weighted by molar-refractivity contribution is 7.99. The molecule has 5 heteroatoms. The van der Waals surface area contributed by atoms with E-state index in [0.717, 1.165) is 17.4 Å². The Labute approximate surface area is 94.6 Å². The zero-order valence-electron chi connectivity index (χ0n) is 9.31. The Morgan fingerprint density at radius 1 is 1.40 bits per heavy atom. The van der Waals surface area contributed by atoms with Gasteiger partial charge in [-0.1, -0.05) is 18.2 Å². The molecule has 1 aromatic heterocycles. The summed E-state index contributed by atoms with van der Waals surface area (Å²) in [6.07, 6.45) is 4.78. The summed E-state index contributed by atoms with van der Waals surface area (Å²) in [4.78, 5) is 0. The second-order valence-electron chi connectivity index (χ2n) is 4.26. The van der Waals surface area contributed by atoms with E-state index >= 15 is 0 Å². The van der Waals surface area contributed by atoms with Gasteiger partial charge in [-0.05, 0) is 26.2 Å². The molecule has 1 aliphatic carbocycles. The summed E-state index contributed by atoms with van der Waals surface area (Å²) in [6, 6.07) is 0.380. The Morgan fingerprint density at radius 2 is 2.20 bits per heavy atom. The molecule has 1 aliphatic rings. The van der Waals surface area contributed by atoms with Crippen LogP contribution in [0.25, 0.3) is 0 Å². The third kappa shape index (κ3) is 2.52. The fourth-order valence-corrected chi connectivity index (χ4v) is 3.23. The van der Waals surface area contributed by atoms with E-state index in [0.29, 0.717) is 11.3 Å². The lowest BCUT2D eigenvalue weighted by atomic mass is 9.96. The molecule has 0 saturated heterocycles. The van der Waals surface area contributed by atoms with Crippen molar-refractivity contribution < 1.29 is 0 Å². The standard InChI is InChI=1S/C10H18N4S/c1-7-12-13-10(14(7)2)15-9-5-3-4-8(11)6-9/h8-9H,3-6,11H2,1-2H3. The molecule has 0 amide bonds. The van der Waals surface area contributed by atoms with E-state index in [4.69, 9.17) is 5.73 Å². The molecule has 0 aromatic carbocycles. The third-order valence-corrected chi connectivity index (χ3v) is 4.32. The predicted octanol–water partition coefficient (Wildman–Crippen LogP) is 1.49. The number of hydrogen-bond donors (Lipinski definition) is 1. The van der Waals surface area contributed by atoms with Crippen LogP contribution in [0.15, 0.2) is 5.16 Å². The maximum absolute atomic E-state index is 5.97. The number of thioether (sulfide) groups is 1. The predicted molar refractivity (Wildman–Crippen MR) is 61.8 cm³/mol. The van der Waals surface area contributed by atoms with E-state index in [1.807, 2.05) is 30.3 Å². The second kappa shape index (κ2) is 4.53. The zero-order chi connectivity index (χ0) is 10.8. The van der Waals surface area contributed by atoms with Gasteiger partial charge in [-0.3, -0.25) is 0 Å². The van der Waals surface area contributed by atoms with Gasteiger partial charge in [0.2, 0.25) is 0 Å². The van der Waals surface area contributed by atoms with Crippen LogP contribution in [0.3, 0.4) is 0 Å². The molecule has 4 nitrogen and oxygen atoms in total.